The maximum Gasteiger partial charge on any atom is -0.0323 e. The van der Waals surface area contributed by atoms with E-state index in [0.717, 1.165) is 35.5 Å². The summed E-state index contributed by atoms with van der Waals surface area (Å²) in [7, 11) is 0. The van der Waals surface area contributed by atoms with Crippen LogP contribution in [0.1, 0.15) is 40.5 Å². The van der Waals surface area contributed by atoms with Crippen molar-refractivity contribution in [2.75, 3.05) is 0 Å². The van der Waals surface area contributed by atoms with Crippen molar-refractivity contribution in [3.63, 3.8) is 0 Å². The lowest BCUT2D eigenvalue weighted by Gasteiger charge is -2.35. The minimum Gasteiger partial charge on any atom is -0.0651 e. The van der Waals surface area contributed by atoms with E-state index in [9.17, 15) is 0 Å². The van der Waals surface area contributed by atoms with E-state index in [4.69, 9.17) is 0 Å². The summed E-state index contributed by atoms with van der Waals surface area (Å²) in [4.78, 5) is 0. The fourth-order valence-corrected chi connectivity index (χ4v) is 3.66. The Labute approximate surface area is 76.7 Å². The van der Waals surface area contributed by atoms with E-state index in [1.165, 1.54) is 6.42 Å². The summed E-state index contributed by atoms with van der Waals surface area (Å²) in [5, 5.41) is 0. The zero-order valence-electron chi connectivity index (χ0n) is 8.88. The molecule has 0 aromatic carbocycles. The predicted molar refractivity (Wildman–Crippen MR) is 52.9 cm³/mol. The fourth-order valence-electron chi connectivity index (χ4n) is 3.66. The van der Waals surface area contributed by atoms with Crippen LogP contribution in [0.4, 0.5) is 0 Å². The second-order valence-electron chi connectivity index (χ2n) is 5.32. The Kier molecular flexibility index (Phi) is 1.97. The van der Waals surface area contributed by atoms with Crippen molar-refractivity contribution in [2.45, 2.75) is 40.5 Å². The summed E-state index contributed by atoms with van der Waals surface area (Å²) in [5.74, 6) is 6.43. The van der Waals surface area contributed by atoms with Gasteiger partial charge in [0.1, 0.15) is 0 Å². The van der Waals surface area contributed by atoms with E-state index in [-0.39, 0.29) is 0 Å². The van der Waals surface area contributed by atoms with Gasteiger partial charge < -0.3 is 0 Å². The second-order valence-corrected chi connectivity index (χ2v) is 5.32. The molecule has 2 rings (SSSR count). The van der Waals surface area contributed by atoms with Crippen molar-refractivity contribution in [3.05, 3.63) is 0 Å². The van der Waals surface area contributed by atoms with Gasteiger partial charge in [-0.15, -0.1) is 0 Å². The predicted octanol–water partition coefficient (Wildman–Crippen LogP) is 3.57. The number of rotatable bonds is 3. The summed E-state index contributed by atoms with van der Waals surface area (Å²) in [5.41, 5.74) is 0. The summed E-state index contributed by atoms with van der Waals surface area (Å²) in [6.07, 6.45) is 2.96. The molecular formula is C12H22. The highest BCUT2D eigenvalue weighted by atomic mass is 14.7. The number of fused-ring (bicyclic) bond motifs is 1. The molecule has 0 heteroatoms. The number of hydrogen-bond acceptors (Lipinski definition) is 0. The van der Waals surface area contributed by atoms with E-state index in [1.54, 1.807) is 6.42 Å². The lowest BCUT2D eigenvalue weighted by atomic mass is 9.70. The Bertz CT molecular complexity index is 167. The Hall–Kier alpha value is 0. The monoisotopic (exact) mass is 166 g/mol. The largest absolute Gasteiger partial charge is 0.0651 e. The first kappa shape index (κ1) is 8.59. The number of hydrogen-bond donors (Lipinski definition) is 0. The summed E-state index contributed by atoms with van der Waals surface area (Å²) >= 11 is 0. The lowest BCUT2D eigenvalue weighted by molar-refractivity contribution is 0.139. The van der Waals surface area contributed by atoms with Crippen LogP contribution in [0.25, 0.3) is 0 Å². The highest BCUT2D eigenvalue weighted by molar-refractivity contribution is 5.09. The van der Waals surface area contributed by atoms with Crippen molar-refractivity contribution in [2.24, 2.45) is 35.5 Å². The quantitative estimate of drug-likeness (QED) is 0.601. The van der Waals surface area contributed by atoms with Crippen LogP contribution in [-0.2, 0) is 0 Å². The zero-order valence-corrected chi connectivity index (χ0v) is 8.88. The van der Waals surface area contributed by atoms with Crippen molar-refractivity contribution < 1.29 is 0 Å². The molecule has 70 valence electrons. The fraction of sp³-hybridized carbons (Fsp3) is 1.00. The maximum absolute atomic E-state index is 2.45. The molecule has 0 aliphatic heterocycles. The molecule has 5 unspecified atom stereocenters. The first-order valence-electron chi connectivity index (χ1n) is 5.66. The standard InChI is InChI=1S/C12H22/c1-5-9(7(2)3)11-6-10-8(4)12(10)11/h7-12H,5-6H2,1-4H3. The van der Waals surface area contributed by atoms with Gasteiger partial charge in [0.15, 0.2) is 0 Å². The highest BCUT2D eigenvalue weighted by Crippen LogP contribution is 2.67. The van der Waals surface area contributed by atoms with Crippen LogP contribution in [0.2, 0.25) is 0 Å². The van der Waals surface area contributed by atoms with Gasteiger partial charge in [0.2, 0.25) is 0 Å². The first-order valence-corrected chi connectivity index (χ1v) is 5.66. The molecular weight excluding hydrogens is 144 g/mol. The molecule has 0 nitrogen and oxygen atoms in total. The van der Waals surface area contributed by atoms with E-state index < -0.39 is 0 Å². The molecule has 5 atom stereocenters. The van der Waals surface area contributed by atoms with E-state index in [1.807, 2.05) is 0 Å². The molecule has 0 aromatic rings. The molecule has 2 aliphatic carbocycles. The molecule has 0 saturated heterocycles. The zero-order chi connectivity index (χ0) is 8.88. The van der Waals surface area contributed by atoms with Crippen LogP contribution in [0, 0.1) is 35.5 Å². The van der Waals surface area contributed by atoms with Crippen LogP contribution >= 0.6 is 0 Å². The average Bonchev–Trinajstić information content (AvgIpc) is 2.45. The molecule has 2 saturated carbocycles. The summed E-state index contributed by atoms with van der Waals surface area (Å²) in [6, 6.07) is 0. The van der Waals surface area contributed by atoms with Gasteiger partial charge in [0.05, 0.1) is 0 Å². The van der Waals surface area contributed by atoms with Crippen molar-refractivity contribution in [1.29, 1.82) is 0 Å². The Morgan fingerprint density at radius 1 is 1.33 bits per heavy atom. The molecule has 0 heterocycles. The smallest absolute Gasteiger partial charge is 0.0323 e. The third-order valence-electron chi connectivity index (χ3n) is 4.55. The van der Waals surface area contributed by atoms with Crippen LogP contribution in [0.3, 0.4) is 0 Å². The normalized spacial score (nSPS) is 46.8. The minimum atomic E-state index is 0.911. The van der Waals surface area contributed by atoms with Gasteiger partial charge in [0, 0.05) is 0 Å². The van der Waals surface area contributed by atoms with Crippen LogP contribution < -0.4 is 0 Å². The Morgan fingerprint density at radius 2 is 2.00 bits per heavy atom. The van der Waals surface area contributed by atoms with E-state index >= 15 is 0 Å². The van der Waals surface area contributed by atoms with Gasteiger partial charge in [-0.3, -0.25) is 0 Å². The first-order chi connectivity index (χ1) is 5.66. The van der Waals surface area contributed by atoms with E-state index in [2.05, 4.69) is 27.7 Å². The lowest BCUT2D eigenvalue weighted by Crippen LogP contribution is -2.28. The van der Waals surface area contributed by atoms with Crippen molar-refractivity contribution >= 4 is 0 Å². The molecule has 0 radical (unpaired) electrons. The van der Waals surface area contributed by atoms with Gasteiger partial charge in [-0.1, -0.05) is 34.1 Å². The molecule has 0 spiro atoms. The highest BCUT2D eigenvalue weighted by Gasteiger charge is 2.61. The van der Waals surface area contributed by atoms with Gasteiger partial charge in [-0.05, 0) is 41.9 Å². The van der Waals surface area contributed by atoms with Crippen molar-refractivity contribution in [3.8, 4) is 0 Å². The van der Waals surface area contributed by atoms with Crippen molar-refractivity contribution in [1.82, 2.24) is 0 Å². The minimum absolute atomic E-state index is 0.911. The SMILES string of the molecule is CCC(C(C)C)C1CC2C(C)C21. The Balaban J connectivity index is 1.92. The topological polar surface area (TPSA) is 0 Å². The second kappa shape index (κ2) is 2.75. The van der Waals surface area contributed by atoms with Gasteiger partial charge >= 0.3 is 0 Å². The van der Waals surface area contributed by atoms with Gasteiger partial charge in [0.25, 0.3) is 0 Å². The third-order valence-corrected chi connectivity index (χ3v) is 4.55. The van der Waals surface area contributed by atoms with Crippen LogP contribution in [0.5, 0.6) is 0 Å². The Morgan fingerprint density at radius 3 is 2.25 bits per heavy atom. The third kappa shape index (κ3) is 1.03. The van der Waals surface area contributed by atoms with Gasteiger partial charge in [-0.2, -0.15) is 0 Å². The van der Waals surface area contributed by atoms with Gasteiger partial charge in [-0.25, -0.2) is 0 Å². The molecule has 2 aliphatic rings. The van der Waals surface area contributed by atoms with Crippen LogP contribution in [0.15, 0.2) is 0 Å². The molecule has 0 bridgehead atoms. The van der Waals surface area contributed by atoms with Crippen LogP contribution in [-0.4, -0.2) is 0 Å². The summed E-state index contributed by atoms with van der Waals surface area (Å²) in [6.45, 7) is 9.61. The average molecular weight is 166 g/mol. The molecule has 0 amide bonds. The summed E-state index contributed by atoms with van der Waals surface area (Å²) < 4.78 is 0. The molecule has 0 N–H and O–H groups in total. The van der Waals surface area contributed by atoms with E-state index in [0.29, 0.717) is 0 Å². The molecule has 12 heavy (non-hydrogen) atoms. The molecule has 2 fully saturated rings. The maximum atomic E-state index is 2.45. The molecule has 0 aromatic heterocycles.